The summed E-state index contributed by atoms with van der Waals surface area (Å²) in [7, 11) is 6.01. The average Bonchev–Trinajstić information content (AvgIpc) is 3.79. The smallest absolute Gasteiger partial charge is 0.344 e. The van der Waals surface area contributed by atoms with Crippen LogP contribution in [-0.4, -0.2) is 105 Å². The summed E-state index contributed by atoms with van der Waals surface area (Å²) < 4.78 is 23.1. The third-order valence-electron chi connectivity index (χ3n) is 12.6. The number of H-pyrrole nitrogens is 1. The number of nitrogens with one attached hydrogen (secondary N) is 1. The number of benzene rings is 2. The Morgan fingerprint density at radius 2 is 1.86 bits per heavy atom. The fraction of sp³-hybridized carbons (Fsp3) is 0.513. The third-order valence-corrected chi connectivity index (χ3v) is 12.6. The van der Waals surface area contributed by atoms with E-state index in [2.05, 4.69) is 9.88 Å². The molecule has 3 aliphatic heterocycles. The number of aromatic amines is 1. The van der Waals surface area contributed by atoms with Crippen molar-refractivity contribution in [1.29, 1.82) is 0 Å². The number of fused-ring (bicyclic) bond motifs is 2. The monoisotopic (exact) mass is 700 g/mol. The number of ether oxygens (including phenoxy) is 4. The zero-order chi connectivity index (χ0) is 36.7. The van der Waals surface area contributed by atoms with Crippen LogP contribution >= 0.6 is 0 Å². The van der Waals surface area contributed by atoms with Crippen LogP contribution in [0.3, 0.4) is 0 Å². The number of hydrogen-bond acceptors (Lipinski definition) is 11. The van der Waals surface area contributed by atoms with Crippen LogP contribution in [-0.2, 0) is 45.8 Å². The van der Waals surface area contributed by atoms with E-state index in [1.54, 1.807) is 7.11 Å². The SMILES string of the molecule is CC[C@]12C=CCN3CC[C@@]4(c5cc(C(C)(C(=O)OC)c6[nH]c7ccccc7c6CCN)c(OC)cc5N(C)[C@H]4[C@@](O)(C(=O)OC)[C@@H]1OC(C)=O)[C@@H]32. The Kier molecular flexibility index (Phi) is 8.31. The summed E-state index contributed by atoms with van der Waals surface area (Å²) >= 11 is 0. The minimum atomic E-state index is -2.27. The van der Waals surface area contributed by atoms with Gasteiger partial charge in [0.05, 0.1) is 27.4 Å². The lowest BCUT2D eigenvalue weighted by molar-refractivity contribution is -0.228. The Morgan fingerprint density at radius 3 is 2.51 bits per heavy atom. The minimum absolute atomic E-state index is 0.283. The van der Waals surface area contributed by atoms with Crippen molar-refractivity contribution in [3.05, 3.63) is 70.9 Å². The van der Waals surface area contributed by atoms with E-state index in [4.69, 9.17) is 24.7 Å². The normalized spacial score (nSPS) is 30.3. The average molecular weight is 701 g/mol. The number of nitrogens with two attached hydrogens (primary N) is 1. The first-order chi connectivity index (χ1) is 24.4. The van der Waals surface area contributed by atoms with E-state index >= 15 is 0 Å². The van der Waals surface area contributed by atoms with Gasteiger partial charge in [-0.05, 0) is 62.5 Å². The summed E-state index contributed by atoms with van der Waals surface area (Å²) in [6.07, 6.45) is 4.39. The molecule has 51 heavy (non-hydrogen) atoms. The molecule has 1 aromatic heterocycles. The summed E-state index contributed by atoms with van der Waals surface area (Å²) in [5.74, 6) is -1.54. The van der Waals surface area contributed by atoms with Crippen LogP contribution in [0.4, 0.5) is 5.69 Å². The molecule has 12 nitrogen and oxygen atoms in total. The summed E-state index contributed by atoms with van der Waals surface area (Å²) in [5.41, 5.74) is 5.25. The second-order valence-electron chi connectivity index (χ2n) is 14.6. The number of hydrogen-bond donors (Lipinski definition) is 3. The summed E-state index contributed by atoms with van der Waals surface area (Å²) in [6.45, 7) is 6.82. The molecule has 0 bridgehead atoms. The van der Waals surface area contributed by atoms with Gasteiger partial charge in [0, 0.05) is 71.3 Å². The van der Waals surface area contributed by atoms with Gasteiger partial charge < -0.3 is 39.7 Å². The van der Waals surface area contributed by atoms with E-state index in [0.29, 0.717) is 55.9 Å². The predicted octanol–water partition coefficient (Wildman–Crippen LogP) is 3.10. The van der Waals surface area contributed by atoms with Gasteiger partial charge in [0.1, 0.15) is 11.2 Å². The third kappa shape index (κ3) is 4.33. The second kappa shape index (κ2) is 12.1. The molecule has 0 amide bonds. The van der Waals surface area contributed by atoms with Crippen LogP contribution in [0, 0.1) is 5.41 Å². The Balaban J connectivity index is 1.56. The Bertz CT molecular complexity index is 1960. The van der Waals surface area contributed by atoms with Crippen LogP contribution in [0.25, 0.3) is 10.9 Å². The number of esters is 3. The van der Waals surface area contributed by atoms with Crippen molar-refractivity contribution in [2.45, 2.75) is 74.7 Å². The number of carbonyl (C=O) groups excluding carboxylic acids is 3. The van der Waals surface area contributed by atoms with E-state index in [-0.39, 0.29) is 6.04 Å². The molecule has 12 heteroatoms. The Hall–Kier alpha value is -4.39. The molecule has 7 rings (SSSR count). The molecule has 1 saturated heterocycles. The molecule has 1 unspecified atom stereocenters. The highest BCUT2D eigenvalue weighted by Gasteiger charge is 2.80. The molecule has 1 spiro atoms. The van der Waals surface area contributed by atoms with Crippen molar-refractivity contribution in [1.82, 2.24) is 9.88 Å². The number of aromatic nitrogens is 1. The molecule has 4 aliphatic rings. The zero-order valence-corrected chi connectivity index (χ0v) is 30.4. The van der Waals surface area contributed by atoms with Crippen LogP contribution in [0.5, 0.6) is 5.75 Å². The van der Waals surface area contributed by atoms with Crippen LogP contribution in [0.15, 0.2) is 48.6 Å². The number of anilines is 1. The number of methoxy groups -OCH3 is 3. The van der Waals surface area contributed by atoms with Gasteiger partial charge >= 0.3 is 17.9 Å². The van der Waals surface area contributed by atoms with Gasteiger partial charge in [-0.1, -0.05) is 37.3 Å². The van der Waals surface area contributed by atoms with Gasteiger partial charge in [0.2, 0.25) is 5.60 Å². The van der Waals surface area contributed by atoms with Crippen molar-refractivity contribution in [2.24, 2.45) is 11.1 Å². The van der Waals surface area contributed by atoms with E-state index in [1.165, 1.54) is 21.1 Å². The molecule has 4 heterocycles. The molecular formula is C39H48N4O8. The molecule has 0 radical (unpaired) electrons. The maximum atomic E-state index is 14.3. The zero-order valence-electron chi connectivity index (χ0n) is 30.4. The number of aliphatic hydroxyl groups is 1. The molecule has 4 N–H and O–H groups in total. The molecule has 272 valence electrons. The lowest BCUT2D eigenvalue weighted by atomic mass is 9.47. The van der Waals surface area contributed by atoms with Crippen molar-refractivity contribution >= 4 is 34.5 Å². The molecule has 2 fully saturated rings. The molecule has 1 saturated carbocycles. The lowest BCUT2D eigenvalue weighted by Gasteiger charge is -2.63. The maximum Gasteiger partial charge on any atom is 0.344 e. The number of nitrogens with zero attached hydrogens (tertiary/aromatic N) is 2. The van der Waals surface area contributed by atoms with Gasteiger partial charge in [-0.2, -0.15) is 0 Å². The van der Waals surface area contributed by atoms with Crippen molar-refractivity contribution in [2.75, 3.05) is 52.9 Å². The lowest BCUT2D eigenvalue weighted by Crippen LogP contribution is -2.81. The molecule has 3 aromatic rings. The highest BCUT2D eigenvalue weighted by atomic mass is 16.6. The van der Waals surface area contributed by atoms with Gasteiger partial charge in [0.25, 0.3) is 0 Å². The van der Waals surface area contributed by atoms with Crippen LogP contribution in [0.1, 0.15) is 56.0 Å². The van der Waals surface area contributed by atoms with Gasteiger partial charge in [-0.3, -0.25) is 14.5 Å². The number of carbonyl (C=O) groups is 3. The first-order valence-corrected chi connectivity index (χ1v) is 17.6. The Morgan fingerprint density at radius 1 is 1.12 bits per heavy atom. The van der Waals surface area contributed by atoms with E-state index < -0.39 is 51.9 Å². The highest BCUT2D eigenvalue weighted by Crippen LogP contribution is 2.68. The van der Waals surface area contributed by atoms with E-state index in [0.717, 1.165) is 27.7 Å². The molecule has 7 atom stereocenters. The Labute approximate surface area is 297 Å². The largest absolute Gasteiger partial charge is 0.496 e. The summed E-state index contributed by atoms with van der Waals surface area (Å²) in [6, 6.07) is 10.6. The summed E-state index contributed by atoms with van der Waals surface area (Å²) in [5, 5.41) is 14.0. The first-order valence-electron chi connectivity index (χ1n) is 17.6. The molecular weight excluding hydrogens is 652 g/mol. The second-order valence-corrected chi connectivity index (χ2v) is 14.6. The number of rotatable bonds is 9. The fourth-order valence-corrected chi connectivity index (χ4v) is 10.7. The topological polar surface area (TPSA) is 157 Å². The van der Waals surface area contributed by atoms with Gasteiger partial charge in [-0.15, -0.1) is 0 Å². The van der Waals surface area contributed by atoms with Crippen molar-refractivity contribution < 1.29 is 38.4 Å². The maximum absolute atomic E-state index is 14.3. The predicted molar refractivity (Wildman–Crippen MR) is 191 cm³/mol. The minimum Gasteiger partial charge on any atom is -0.496 e. The highest BCUT2D eigenvalue weighted by molar-refractivity contribution is 5.94. The van der Waals surface area contributed by atoms with Crippen molar-refractivity contribution in [3.8, 4) is 5.75 Å². The summed E-state index contributed by atoms with van der Waals surface area (Å²) in [4.78, 5) is 49.1. The molecule has 2 aromatic carbocycles. The quantitative estimate of drug-likeness (QED) is 0.171. The van der Waals surface area contributed by atoms with Crippen LogP contribution in [0.2, 0.25) is 0 Å². The van der Waals surface area contributed by atoms with Gasteiger partial charge in [0.15, 0.2) is 6.10 Å². The molecule has 1 aliphatic carbocycles. The number of para-hydroxylation sites is 1. The number of likely N-dealkylation sites (N-methyl/N-ethyl adjacent to an activating group) is 1. The standard InChI is InChI=1S/C39H48N4O8/c1-8-37-15-11-18-43-19-16-38(31(37)43)25-20-26(36(3,34(45)49-6)30-24(14-17-40)23-12-9-10-13-27(23)41-30)29(48-5)21-28(25)42(4)32(38)39(47,35(46)50-7)33(37)51-22(2)44/h9-13,15,20-21,31-33,41,47H,8,14,16-19,40H2,1-7H3/t31-,32+,33+,36?,37+,38+,39-/m0/s1. The van der Waals surface area contributed by atoms with Gasteiger partial charge in [-0.25, -0.2) is 4.79 Å². The van der Waals surface area contributed by atoms with Crippen molar-refractivity contribution in [3.63, 3.8) is 0 Å². The first kappa shape index (κ1) is 35.0. The van der Waals surface area contributed by atoms with Crippen LogP contribution < -0.4 is 15.4 Å². The van der Waals surface area contributed by atoms with E-state index in [9.17, 15) is 19.5 Å². The fourth-order valence-electron chi connectivity index (χ4n) is 10.7. The van der Waals surface area contributed by atoms with E-state index in [1.807, 2.05) is 74.3 Å².